The molecule has 0 unspecified atom stereocenters. The second-order valence-corrected chi connectivity index (χ2v) is 6.57. The van der Waals surface area contributed by atoms with Gasteiger partial charge in [-0.3, -0.25) is 9.48 Å². The molecule has 1 amide bonds. The zero-order valence-electron chi connectivity index (χ0n) is 15.1. The molecule has 0 spiro atoms. The molecule has 0 atom stereocenters. The number of nitrogens with zero attached hydrogens (tertiary/aromatic N) is 2. The van der Waals surface area contributed by atoms with E-state index in [9.17, 15) is 14.4 Å². The van der Waals surface area contributed by atoms with Crippen molar-refractivity contribution in [1.82, 2.24) is 9.78 Å². The molecule has 2 aromatic rings. The Labute approximate surface area is 155 Å². The van der Waals surface area contributed by atoms with E-state index in [1.807, 2.05) is 13.1 Å². The van der Waals surface area contributed by atoms with Gasteiger partial charge in [-0.05, 0) is 31.9 Å². The summed E-state index contributed by atoms with van der Waals surface area (Å²) in [6, 6.07) is 0. The van der Waals surface area contributed by atoms with Crippen LogP contribution in [0, 0.1) is 13.8 Å². The number of ether oxygens (including phenoxy) is 2. The third-order valence-corrected chi connectivity index (χ3v) is 4.77. The summed E-state index contributed by atoms with van der Waals surface area (Å²) in [6.45, 7) is 5.85. The Balaban J connectivity index is 2.18. The van der Waals surface area contributed by atoms with Crippen LogP contribution < -0.4 is 5.32 Å². The molecule has 140 valence electrons. The van der Waals surface area contributed by atoms with E-state index in [-0.39, 0.29) is 34.4 Å². The Kier molecular flexibility index (Phi) is 6.51. The van der Waals surface area contributed by atoms with E-state index in [0.717, 1.165) is 16.9 Å². The van der Waals surface area contributed by atoms with E-state index in [1.165, 1.54) is 7.11 Å². The summed E-state index contributed by atoms with van der Waals surface area (Å²) in [7, 11) is 1.25. The van der Waals surface area contributed by atoms with Crippen LogP contribution in [0.3, 0.4) is 0 Å². The van der Waals surface area contributed by atoms with Gasteiger partial charge in [-0.25, -0.2) is 9.59 Å². The van der Waals surface area contributed by atoms with Gasteiger partial charge in [0, 0.05) is 19.2 Å². The molecule has 0 aliphatic carbocycles. The van der Waals surface area contributed by atoms with Crippen LogP contribution in [0.15, 0.2) is 12.4 Å². The number of aryl methyl sites for hydroxylation is 2. The Bertz CT molecular complexity index is 824. The van der Waals surface area contributed by atoms with Gasteiger partial charge in [0.05, 0.1) is 25.5 Å². The summed E-state index contributed by atoms with van der Waals surface area (Å²) in [5.74, 6) is -1.44. The maximum absolute atomic E-state index is 12.3. The highest BCUT2D eigenvalue weighted by atomic mass is 32.1. The molecule has 0 aliphatic heterocycles. The van der Waals surface area contributed by atoms with Crippen molar-refractivity contribution in [3.05, 3.63) is 34.0 Å². The normalized spacial score (nSPS) is 10.5. The summed E-state index contributed by atoms with van der Waals surface area (Å²) in [6.07, 6.45) is 3.72. The minimum absolute atomic E-state index is 0.170. The summed E-state index contributed by atoms with van der Waals surface area (Å²) in [4.78, 5) is 36.7. The molecule has 0 saturated carbocycles. The summed E-state index contributed by atoms with van der Waals surface area (Å²) in [5, 5.41) is 7.09. The fourth-order valence-corrected chi connectivity index (χ4v) is 3.44. The number of aromatic nitrogens is 2. The molecule has 2 heterocycles. The molecular formula is C17H21N3O5S. The first-order chi connectivity index (χ1) is 12.4. The van der Waals surface area contributed by atoms with Crippen molar-refractivity contribution in [2.24, 2.45) is 0 Å². The first kappa shape index (κ1) is 19.6. The Hall–Kier alpha value is -2.68. The van der Waals surface area contributed by atoms with Gasteiger partial charge >= 0.3 is 11.9 Å². The average Bonchev–Trinajstić information content (AvgIpc) is 3.16. The lowest BCUT2D eigenvalue weighted by molar-refractivity contribution is -0.116. The van der Waals surface area contributed by atoms with Crippen LogP contribution in [-0.4, -0.2) is 41.3 Å². The van der Waals surface area contributed by atoms with Gasteiger partial charge in [0.2, 0.25) is 5.91 Å². The van der Waals surface area contributed by atoms with Crippen molar-refractivity contribution in [2.75, 3.05) is 19.0 Å². The lowest BCUT2D eigenvalue weighted by Gasteiger charge is -2.06. The smallest absolute Gasteiger partial charge is 0.348 e. The highest BCUT2D eigenvalue weighted by Crippen LogP contribution is 2.34. The van der Waals surface area contributed by atoms with Gasteiger partial charge in [0.25, 0.3) is 0 Å². The van der Waals surface area contributed by atoms with Gasteiger partial charge in [0.15, 0.2) is 0 Å². The number of methoxy groups -OCH3 is 1. The lowest BCUT2D eigenvalue weighted by atomic mass is 10.1. The predicted octanol–water partition coefficient (Wildman–Crippen LogP) is 2.55. The summed E-state index contributed by atoms with van der Waals surface area (Å²) in [5.41, 5.74) is 1.61. The molecule has 8 nitrogen and oxygen atoms in total. The summed E-state index contributed by atoms with van der Waals surface area (Å²) < 4.78 is 11.4. The van der Waals surface area contributed by atoms with E-state index < -0.39 is 11.9 Å². The molecule has 0 bridgehead atoms. The standard InChI is InChI=1S/C17H21N3O5S/c1-5-25-17(23)14-11(3)13(16(22)24-4)15(26-14)19-12(21)6-7-20-9-10(2)8-18-20/h8-9H,5-7H2,1-4H3,(H,19,21). The largest absolute Gasteiger partial charge is 0.465 e. The van der Waals surface area contributed by atoms with Crippen molar-refractivity contribution in [2.45, 2.75) is 33.7 Å². The fourth-order valence-electron chi connectivity index (χ4n) is 2.34. The van der Waals surface area contributed by atoms with Crippen molar-refractivity contribution in [1.29, 1.82) is 0 Å². The number of rotatable bonds is 7. The molecular weight excluding hydrogens is 358 g/mol. The Morgan fingerprint density at radius 2 is 2.00 bits per heavy atom. The number of amides is 1. The van der Waals surface area contributed by atoms with Crippen LogP contribution in [0.1, 0.15) is 44.5 Å². The van der Waals surface area contributed by atoms with Gasteiger partial charge in [-0.2, -0.15) is 5.10 Å². The van der Waals surface area contributed by atoms with Crippen LogP contribution in [0.2, 0.25) is 0 Å². The fraction of sp³-hybridized carbons (Fsp3) is 0.412. The van der Waals surface area contributed by atoms with E-state index in [0.29, 0.717) is 12.1 Å². The van der Waals surface area contributed by atoms with Crippen molar-refractivity contribution < 1.29 is 23.9 Å². The number of anilines is 1. The van der Waals surface area contributed by atoms with Gasteiger partial charge in [-0.1, -0.05) is 0 Å². The average molecular weight is 379 g/mol. The van der Waals surface area contributed by atoms with E-state index in [2.05, 4.69) is 10.4 Å². The topological polar surface area (TPSA) is 99.5 Å². The molecule has 1 N–H and O–H groups in total. The number of hydrogen-bond acceptors (Lipinski definition) is 7. The third-order valence-electron chi connectivity index (χ3n) is 3.58. The zero-order chi connectivity index (χ0) is 19.3. The maximum atomic E-state index is 12.3. The number of esters is 2. The molecule has 0 saturated heterocycles. The molecule has 26 heavy (non-hydrogen) atoms. The Morgan fingerprint density at radius 3 is 2.58 bits per heavy atom. The van der Waals surface area contributed by atoms with Crippen LogP contribution in [0.5, 0.6) is 0 Å². The SMILES string of the molecule is CCOC(=O)c1sc(NC(=O)CCn2cc(C)cn2)c(C(=O)OC)c1C. The van der Waals surface area contributed by atoms with E-state index >= 15 is 0 Å². The molecule has 0 radical (unpaired) electrons. The van der Waals surface area contributed by atoms with Crippen LogP contribution >= 0.6 is 11.3 Å². The third kappa shape index (κ3) is 4.48. The minimum Gasteiger partial charge on any atom is -0.465 e. The first-order valence-electron chi connectivity index (χ1n) is 8.05. The van der Waals surface area contributed by atoms with Crippen LogP contribution in [-0.2, 0) is 20.8 Å². The number of thiophene rings is 1. The van der Waals surface area contributed by atoms with Crippen molar-refractivity contribution in [3.63, 3.8) is 0 Å². The van der Waals surface area contributed by atoms with E-state index in [4.69, 9.17) is 9.47 Å². The highest BCUT2D eigenvalue weighted by Gasteiger charge is 2.26. The molecule has 2 aromatic heterocycles. The lowest BCUT2D eigenvalue weighted by Crippen LogP contribution is -2.16. The molecule has 0 fully saturated rings. The molecule has 0 aromatic carbocycles. The summed E-state index contributed by atoms with van der Waals surface area (Å²) >= 11 is 1.00. The number of nitrogens with one attached hydrogen (secondary N) is 1. The van der Waals surface area contributed by atoms with Crippen molar-refractivity contribution in [3.8, 4) is 0 Å². The second kappa shape index (κ2) is 8.61. The van der Waals surface area contributed by atoms with Gasteiger partial charge < -0.3 is 14.8 Å². The number of carbonyl (C=O) groups excluding carboxylic acids is 3. The van der Waals surface area contributed by atoms with Gasteiger partial charge in [0.1, 0.15) is 9.88 Å². The second-order valence-electron chi connectivity index (χ2n) is 5.55. The first-order valence-corrected chi connectivity index (χ1v) is 8.86. The molecule has 9 heteroatoms. The maximum Gasteiger partial charge on any atom is 0.348 e. The number of hydrogen-bond donors (Lipinski definition) is 1. The predicted molar refractivity (Wildman–Crippen MR) is 96.6 cm³/mol. The molecule has 2 rings (SSSR count). The van der Waals surface area contributed by atoms with Crippen LogP contribution in [0.4, 0.5) is 5.00 Å². The Morgan fingerprint density at radius 1 is 1.27 bits per heavy atom. The van der Waals surface area contributed by atoms with Crippen molar-refractivity contribution >= 4 is 34.2 Å². The zero-order valence-corrected chi connectivity index (χ0v) is 15.9. The molecule has 0 aliphatic rings. The quantitative estimate of drug-likeness (QED) is 0.742. The van der Waals surface area contributed by atoms with Crippen LogP contribution in [0.25, 0.3) is 0 Å². The number of carbonyl (C=O) groups is 3. The van der Waals surface area contributed by atoms with E-state index in [1.54, 1.807) is 24.7 Å². The highest BCUT2D eigenvalue weighted by molar-refractivity contribution is 7.18. The van der Waals surface area contributed by atoms with Gasteiger partial charge in [-0.15, -0.1) is 11.3 Å². The monoisotopic (exact) mass is 379 g/mol. The minimum atomic E-state index is -0.618.